The van der Waals surface area contributed by atoms with Crippen LogP contribution in [0.1, 0.15) is 52.0 Å². The second kappa shape index (κ2) is 13.6. The summed E-state index contributed by atoms with van der Waals surface area (Å²) in [6.07, 6.45) is 0.0761. The van der Waals surface area contributed by atoms with Crippen molar-refractivity contribution in [3.63, 3.8) is 0 Å². The molecule has 3 aromatic rings. The number of carbonyl (C=O) groups excluding carboxylic acids is 4. The van der Waals surface area contributed by atoms with Gasteiger partial charge in [-0.15, -0.1) is 0 Å². The van der Waals surface area contributed by atoms with Crippen molar-refractivity contribution in [2.24, 2.45) is 5.73 Å². The van der Waals surface area contributed by atoms with Gasteiger partial charge in [0.15, 0.2) is 5.78 Å². The lowest BCUT2D eigenvalue weighted by molar-refractivity contribution is -0.152. The van der Waals surface area contributed by atoms with Gasteiger partial charge < -0.3 is 25.4 Å². The third-order valence-corrected chi connectivity index (χ3v) is 8.86. The van der Waals surface area contributed by atoms with Crippen LogP contribution in [0.3, 0.4) is 0 Å². The molecule has 2 aliphatic heterocycles. The van der Waals surface area contributed by atoms with Gasteiger partial charge in [-0.3, -0.25) is 19.3 Å². The summed E-state index contributed by atoms with van der Waals surface area (Å²) in [4.78, 5) is 55.3. The average Bonchev–Trinajstić information content (AvgIpc) is 3.00. The highest BCUT2D eigenvalue weighted by Crippen LogP contribution is 2.44. The molecule has 10 nitrogen and oxygen atoms in total. The first-order chi connectivity index (χ1) is 21.1. The number of anilines is 1. The molecule has 0 radical (unpaired) electrons. The van der Waals surface area contributed by atoms with E-state index in [2.05, 4.69) is 26.1 Å². The van der Waals surface area contributed by atoms with E-state index in [1.54, 1.807) is 60.5 Å². The topological polar surface area (TPSA) is 131 Å². The van der Waals surface area contributed by atoms with Crippen molar-refractivity contribution in [1.82, 2.24) is 9.80 Å². The zero-order valence-electron chi connectivity index (χ0n) is 24.6. The Hall–Kier alpha value is -4.22. The number of nitrogens with zero attached hydrogens (tertiary/aromatic N) is 2. The number of primary amides is 1. The number of fused-ring (bicyclic) bond motifs is 1. The molecule has 3 amide bonds. The number of ether oxygens (including phenoxy) is 2. The maximum absolute atomic E-state index is 13.7. The van der Waals surface area contributed by atoms with Crippen molar-refractivity contribution in [2.75, 3.05) is 32.1 Å². The summed E-state index contributed by atoms with van der Waals surface area (Å²) in [5, 5.41) is 2.97. The van der Waals surface area contributed by atoms with Crippen molar-refractivity contribution in [2.45, 2.75) is 43.9 Å². The number of benzene rings is 3. The second-order valence-electron chi connectivity index (χ2n) is 11.1. The maximum Gasteiger partial charge on any atom is 0.321 e. The predicted molar refractivity (Wildman–Crippen MR) is 169 cm³/mol. The van der Waals surface area contributed by atoms with Gasteiger partial charge in [0.25, 0.3) is 0 Å². The number of ketones is 1. The third-order valence-electron chi connectivity index (χ3n) is 8.33. The van der Waals surface area contributed by atoms with Gasteiger partial charge in [0.1, 0.15) is 11.9 Å². The van der Waals surface area contributed by atoms with E-state index in [-0.39, 0.29) is 47.4 Å². The van der Waals surface area contributed by atoms with E-state index < -0.39 is 18.0 Å². The molecule has 0 unspecified atom stereocenters. The number of Topliss-reactive ketones (excluding diaryl/α,β-unsaturated/α-hetero) is 1. The lowest BCUT2D eigenvalue weighted by atomic mass is 9.71. The second-order valence-corrected chi connectivity index (χ2v) is 12.0. The minimum atomic E-state index is -0.662. The van der Waals surface area contributed by atoms with Crippen molar-refractivity contribution < 1.29 is 28.7 Å². The van der Waals surface area contributed by atoms with Crippen molar-refractivity contribution in [3.8, 4) is 5.75 Å². The summed E-state index contributed by atoms with van der Waals surface area (Å²) in [7, 11) is 1.58. The molecule has 44 heavy (non-hydrogen) atoms. The first kappa shape index (κ1) is 31.2. The predicted octanol–water partition coefficient (Wildman–Crippen LogP) is 4.84. The van der Waals surface area contributed by atoms with Crippen LogP contribution >= 0.6 is 15.9 Å². The Morgan fingerprint density at radius 2 is 1.64 bits per heavy atom. The Morgan fingerprint density at radius 1 is 0.955 bits per heavy atom. The lowest BCUT2D eigenvalue weighted by Gasteiger charge is -2.58. The van der Waals surface area contributed by atoms with E-state index in [9.17, 15) is 19.2 Å². The molecule has 2 fully saturated rings. The maximum atomic E-state index is 13.7. The van der Waals surface area contributed by atoms with Crippen molar-refractivity contribution >= 4 is 45.3 Å². The fraction of sp³-hybridized carbons (Fsp3) is 0.333. The number of amides is 3. The summed E-state index contributed by atoms with van der Waals surface area (Å²) in [6.45, 7) is 2.57. The molecular weight excluding hydrogens is 628 g/mol. The molecule has 5 rings (SSSR count). The third kappa shape index (κ3) is 6.95. The van der Waals surface area contributed by atoms with Crippen molar-refractivity contribution in [1.29, 1.82) is 0 Å². The van der Waals surface area contributed by atoms with Crippen LogP contribution in [0.2, 0.25) is 0 Å². The standard InChI is InChI=1S/C33H35BrN4O6/c1-20(39)44-25-15-16-37(33(42)36-23-11-13-24(43-2)14-12-23)19-29-31(21-7-9-22(34)10-8-21)28(38(29)18-25)17-30(40)26-5-3-4-6-27(26)32(35)41/h3-14,25,28-29,31H,15-19H2,1-2H3,(H2,35,41)(H,36,42)/t25-,28+,29-,31-/m0/s1. The number of rotatable bonds is 8. The minimum Gasteiger partial charge on any atom is -0.497 e. The molecule has 4 atom stereocenters. The summed E-state index contributed by atoms with van der Waals surface area (Å²) >= 11 is 3.51. The largest absolute Gasteiger partial charge is 0.497 e. The van der Waals surface area contributed by atoms with Crippen LogP contribution in [0.25, 0.3) is 0 Å². The molecule has 0 bridgehead atoms. The lowest BCUT2D eigenvalue weighted by Crippen LogP contribution is -2.69. The van der Waals surface area contributed by atoms with Gasteiger partial charge in [-0.25, -0.2) is 4.79 Å². The quantitative estimate of drug-likeness (QED) is 0.261. The Balaban J connectivity index is 1.46. The summed E-state index contributed by atoms with van der Waals surface area (Å²) in [5.41, 5.74) is 7.69. The number of esters is 1. The van der Waals surface area contributed by atoms with Crippen molar-refractivity contribution in [3.05, 3.63) is 94.0 Å². The molecular formula is C33H35BrN4O6. The number of halogens is 1. The summed E-state index contributed by atoms with van der Waals surface area (Å²) in [5.74, 6) is -0.704. The van der Waals surface area contributed by atoms with Crippen LogP contribution in [0, 0.1) is 0 Å². The van der Waals surface area contributed by atoms with Gasteiger partial charge in [-0.05, 0) is 48.0 Å². The minimum absolute atomic E-state index is 0.111. The number of nitrogens with one attached hydrogen (secondary N) is 1. The number of urea groups is 1. The van der Waals surface area contributed by atoms with E-state index in [0.717, 1.165) is 10.0 Å². The van der Waals surface area contributed by atoms with E-state index >= 15 is 0 Å². The highest BCUT2D eigenvalue weighted by molar-refractivity contribution is 9.10. The zero-order chi connectivity index (χ0) is 31.4. The molecule has 2 aliphatic rings. The zero-order valence-corrected chi connectivity index (χ0v) is 26.2. The highest BCUT2D eigenvalue weighted by Gasteiger charge is 2.52. The Bertz CT molecular complexity index is 1530. The van der Waals surface area contributed by atoms with E-state index in [4.69, 9.17) is 15.2 Å². The number of nitrogens with two attached hydrogens (primary N) is 1. The molecule has 3 aromatic carbocycles. The highest BCUT2D eigenvalue weighted by atomic mass is 79.9. The van der Waals surface area contributed by atoms with Crippen LogP contribution in [-0.2, 0) is 9.53 Å². The average molecular weight is 664 g/mol. The van der Waals surface area contributed by atoms with Crippen LogP contribution < -0.4 is 15.8 Å². The van der Waals surface area contributed by atoms with Gasteiger partial charge in [-0.2, -0.15) is 0 Å². The molecule has 3 N–H and O–H groups in total. The summed E-state index contributed by atoms with van der Waals surface area (Å²) in [6, 6.07) is 20.9. The van der Waals surface area contributed by atoms with E-state index in [1.165, 1.54) is 6.92 Å². The van der Waals surface area contributed by atoms with E-state index in [1.807, 2.05) is 24.3 Å². The molecule has 0 saturated carbocycles. The first-order valence-corrected chi connectivity index (χ1v) is 15.2. The SMILES string of the molecule is COc1ccc(NC(=O)N2CC[C@H](OC(C)=O)CN3[C@H](CC(=O)c4ccccc4C(N)=O)[C@H](c4ccc(Br)cc4)[C@@H]3C2)cc1. The Morgan fingerprint density at radius 3 is 2.27 bits per heavy atom. The molecule has 0 aliphatic carbocycles. The Kier molecular flexibility index (Phi) is 9.65. The number of carbonyl (C=O) groups is 4. The van der Waals surface area contributed by atoms with Gasteiger partial charge in [0.05, 0.1) is 7.11 Å². The normalized spacial score (nSPS) is 21.6. The smallest absolute Gasteiger partial charge is 0.321 e. The number of hydrogen-bond donors (Lipinski definition) is 2. The molecule has 0 spiro atoms. The van der Waals surface area contributed by atoms with Gasteiger partial charge >= 0.3 is 12.0 Å². The molecule has 230 valence electrons. The molecule has 11 heteroatoms. The summed E-state index contributed by atoms with van der Waals surface area (Å²) < 4.78 is 11.8. The van der Waals surface area contributed by atoms with Gasteiger partial charge in [0, 0.05) is 78.7 Å². The molecule has 2 saturated heterocycles. The van der Waals surface area contributed by atoms with E-state index in [0.29, 0.717) is 37.5 Å². The van der Waals surface area contributed by atoms with Crippen LogP contribution in [-0.4, -0.2) is 78.4 Å². The fourth-order valence-electron chi connectivity index (χ4n) is 6.25. The molecule has 0 aromatic heterocycles. The fourth-order valence-corrected chi connectivity index (χ4v) is 6.52. The number of hydrogen-bond acceptors (Lipinski definition) is 7. The first-order valence-electron chi connectivity index (χ1n) is 14.4. The van der Waals surface area contributed by atoms with Gasteiger partial charge in [-0.1, -0.05) is 46.3 Å². The van der Waals surface area contributed by atoms with Gasteiger partial charge in [0.2, 0.25) is 5.91 Å². The van der Waals surface area contributed by atoms with Crippen LogP contribution in [0.15, 0.2) is 77.3 Å². The number of methoxy groups -OCH3 is 1. The molecule has 2 heterocycles. The Labute approximate surface area is 264 Å². The monoisotopic (exact) mass is 662 g/mol. The van der Waals surface area contributed by atoms with Crippen LogP contribution in [0.5, 0.6) is 5.75 Å². The van der Waals surface area contributed by atoms with Crippen LogP contribution in [0.4, 0.5) is 10.5 Å².